The van der Waals surface area contributed by atoms with Gasteiger partial charge in [0.05, 0.1) is 30.8 Å². The molecule has 3 N–H and O–H groups in total. The zero-order valence-electron chi connectivity index (χ0n) is 16.8. The number of anilines is 1. The fourth-order valence-electron chi connectivity index (χ4n) is 3.08. The lowest BCUT2D eigenvalue weighted by Crippen LogP contribution is -2.40. The van der Waals surface area contributed by atoms with Gasteiger partial charge in [0.1, 0.15) is 9.88 Å². The van der Waals surface area contributed by atoms with Crippen molar-refractivity contribution in [1.82, 2.24) is 4.31 Å². The summed E-state index contributed by atoms with van der Waals surface area (Å²) >= 11 is 0.875. The van der Waals surface area contributed by atoms with Gasteiger partial charge in [-0.3, -0.25) is 9.59 Å². The van der Waals surface area contributed by atoms with Crippen LogP contribution in [-0.4, -0.2) is 63.9 Å². The van der Waals surface area contributed by atoms with Crippen LogP contribution in [0, 0.1) is 6.92 Å². The number of nitrogens with two attached hydrogens (primary N) is 1. The number of morpholine rings is 1. The van der Waals surface area contributed by atoms with E-state index in [2.05, 4.69) is 10.1 Å². The summed E-state index contributed by atoms with van der Waals surface area (Å²) in [5, 5.41) is 2.68. The average molecular weight is 468 g/mol. The molecule has 1 aromatic heterocycles. The molecule has 2 aromatic rings. The Morgan fingerprint density at radius 2 is 1.77 bits per heavy atom. The number of benzene rings is 1. The Balaban J connectivity index is 1.83. The van der Waals surface area contributed by atoms with Crippen molar-refractivity contribution in [2.75, 3.05) is 38.7 Å². The van der Waals surface area contributed by atoms with Gasteiger partial charge in [-0.25, -0.2) is 13.2 Å². The normalized spacial score (nSPS) is 14.8. The number of amides is 2. The van der Waals surface area contributed by atoms with E-state index in [1.54, 1.807) is 0 Å². The van der Waals surface area contributed by atoms with Crippen LogP contribution in [0.3, 0.4) is 0 Å². The Bertz CT molecular complexity index is 1120. The van der Waals surface area contributed by atoms with E-state index in [1.165, 1.54) is 42.6 Å². The number of ether oxygens (including phenoxy) is 2. The number of methoxy groups -OCH3 is 1. The van der Waals surface area contributed by atoms with E-state index in [1.807, 2.05) is 0 Å². The third kappa shape index (κ3) is 4.61. The van der Waals surface area contributed by atoms with Crippen molar-refractivity contribution in [3.8, 4) is 0 Å². The van der Waals surface area contributed by atoms with E-state index in [9.17, 15) is 22.8 Å². The van der Waals surface area contributed by atoms with E-state index in [4.69, 9.17) is 10.5 Å². The second-order valence-corrected chi connectivity index (χ2v) is 9.57. The van der Waals surface area contributed by atoms with Gasteiger partial charge in [-0.2, -0.15) is 4.31 Å². The SMILES string of the molecule is COC(=O)c1sc(NC(=O)c2ccc(S(=O)(=O)N3CCOCC3)cc2)c(C(N)=O)c1C. The van der Waals surface area contributed by atoms with Gasteiger partial charge in [-0.1, -0.05) is 0 Å². The first-order valence-electron chi connectivity index (χ1n) is 9.17. The Kier molecular flexibility index (Phi) is 6.74. The molecule has 166 valence electrons. The van der Waals surface area contributed by atoms with Crippen molar-refractivity contribution in [1.29, 1.82) is 0 Å². The summed E-state index contributed by atoms with van der Waals surface area (Å²) in [6.45, 7) is 2.72. The highest BCUT2D eigenvalue weighted by molar-refractivity contribution is 7.89. The molecule has 10 nitrogen and oxygen atoms in total. The van der Waals surface area contributed by atoms with Crippen LogP contribution < -0.4 is 11.1 Å². The van der Waals surface area contributed by atoms with Crippen molar-refractivity contribution in [2.24, 2.45) is 5.73 Å². The number of sulfonamides is 1. The van der Waals surface area contributed by atoms with Crippen LogP contribution in [0.4, 0.5) is 5.00 Å². The fourth-order valence-corrected chi connectivity index (χ4v) is 5.61. The summed E-state index contributed by atoms with van der Waals surface area (Å²) in [6.07, 6.45) is 0. The van der Waals surface area contributed by atoms with Gasteiger partial charge in [0.2, 0.25) is 10.0 Å². The number of thiophene rings is 1. The first-order chi connectivity index (χ1) is 14.7. The van der Waals surface area contributed by atoms with Gasteiger partial charge < -0.3 is 20.5 Å². The summed E-state index contributed by atoms with van der Waals surface area (Å²) in [5.41, 5.74) is 5.91. The molecule has 2 amide bonds. The average Bonchev–Trinajstić information content (AvgIpc) is 3.09. The Morgan fingerprint density at radius 3 is 2.32 bits per heavy atom. The Hall–Kier alpha value is -2.80. The molecule has 1 aliphatic rings. The number of hydrogen-bond donors (Lipinski definition) is 2. The highest BCUT2D eigenvalue weighted by Gasteiger charge is 2.27. The summed E-state index contributed by atoms with van der Waals surface area (Å²) in [6, 6.07) is 5.42. The first kappa shape index (κ1) is 22.9. The Labute approximate surface area is 183 Å². The molecule has 0 bridgehead atoms. The number of hydrogen-bond acceptors (Lipinski definition) is 8. The molecular weight excluding hydrogens is 446 g/mol. The van der Waals surface area contributed by atoms with Crippen molar-refractivity contribution >= 4 is 44.1 Å². The molecule has 31 heavy (non-hydrogen) atoms. The molecule has 0 spiro atoms. The monoisotopic (exact) mass is 467 g/mol. The smallest absolute Gasteiger partial charge is 0.348 e. The minimum absolute atomic E-state index is 0.0188. The lowest BCUT2D eigenvalue weighted by atomic mass is 10.1. The van der Waals surface area contributed by atoms with E-state index in [0.29, 0.717) is 18.8 Å². The minimum atomic E-state index is -3.68. The second kappa shape index (κ2) is 9.14. The van der Waals surface area contributed by atoms with Gasteiger partial charge in [-0.15, -0.1) is 11.3 Å². The molecule has 12 heteroatoms. The standard InChI is InChI=1S/C19H21N3O7S2/c1-11-14(16(20)23)18(30-15(11)19(25)28-2)21-17(24)12-3-5-13(6-4-12)31(26,27)22-7-9-29-10-8-22/h3-6H,7-10H2,1-2H3,(H2,20,23)(H,21,24). The number of nitrogens with zero attached hydrogens (tertiary/aromatic N) is 1. The van der Waals surface area contributed by atoms with Crippen LogP contribution in [0.1, 0.15) is 36.0 Å². The van der Waals surface area contributed by atoms with Gasteiger partial charge in [0.15, 0.2) is 0 Å². The molecule has 0 atom stereocenters. The van der Waals surface area contributed by atoms with E-state index >= 15 is 0 Å². The summed E-state index contributed by atoms with van der Waals surface area (Å²) < 4.78 is 36.6. The number of carbonyl (C=O) groups is 3. The van der Waals surface area contributed by atoms with Crippen LogP contribution in [0.25, 0.3) is 0 Å². The zero-order chi connectivity index (χ0) is 22.8. The zero-order valence-corrected chi connectivity index (χ0v) is 18.5. The highest BCUT2D eigenvalue weighted by Crippen LogP contribution is 2.33. The van der Waals surface area contributed by atoms with Gasteiger partial charge in [0, 0.05) is 18.7 Å². The second-order valence-electron chi connectivity index (χ2n) is 6.61. The van der Waals surface area contributed by atoms with Crippen LogP contribution in [-0.2, 0) is 19.5 Å². The Morgan fingerprint density at radius 1 is 1.16 bits per heavy atom. The van der Waals surface area contributed by atoms with E-state index in [-0.39, 0.29) is 39.0 Å². The maximum absolute atomic E-state index is 12.7. The summed E-state index contributed by atoms with van der Waals surface area (Å²) in [5.74, 6) is -2.04. The maximum atomic E-state index is 12.7. The first-order valence-corrected chi connectivity index (χ1v) is 11.4. The molecule has 1 fully saturated rings. The number of carbonyl (C=O) groups excluding carboxylic acids is 3. The predicted octanol–water partition coefficient (Wildman–Crippen LogP) is 1.22. The third-order valence-corrected chi connectivity index (χ3v) is 7.82. The van der Waals surface area contributed by atoms with Crippen molar-refractivity contribution in [3.63, 3.8) is 0 Å². The van der Waals surface area contributed by atoms with Crippen LogP contribution in [0.5, 0.6) is 0 Å². The quantitative estimate of drug-likeness (QED) is 0.608. The summed E-state index contributed by atoms with van der Waals surface area (Å²) in [4.78, 5) is 36.6. The topological polar surface area (TPSA) is 145 Å². The lowest BCUT2D eigenvalue weighted by molar-refractivity contribution is 0.0605. The van der Waals surface area contributed by atoms with Gasteiger partial charge in [-0.05, 0) is 36.8 Å². The molecule has 3 rings (SSSR count). The highest BCUT2D eigenvalue weighted by atomic mass is 32.2. The number of primary amides is 1. The molecule has 1 saturated heterocycles. The number of esters is 1. The van der Waals surface area contributed by atoms with Gasteiger partial charge >= 0.3 is 5.97 Å². The summed E-state index contributed by atoms with van der Waals surface area (Å²) in [7, 11) is -2.48. The van der Waals surface area contributed by atoms with Crippen LogP contribution >= 0.6 is 11.3 Å². The molecule has 0 saturated carbocycles. The maximum Gasteiger partial charge on any atom is 0.348 e. The third-order valence-electron chi connectivity index (χ3n) is 4.72. The predicted molar refractivity (Wildman–Crippen MR) is 113 cm³/mol. The molecule has 1 aliphatic heterocycles. The molecular formula is C19H21N3O7S2. The van der Waals surface area contributed by atoms with Crippen LogP contribution in [0.2, 0.25) is 0 Å². The molecule has 0 aliphatic carbocycles. The molecule has 0 unspecified atom stereocenters. The lowest BCUT2D eigenvalue weighted by Gasteiger charge is -2.26. The van der Waals surface area contributed by atoms with Crippen molar-refractivity contribution in [3.05, 3.63) is 45.8 Å². The van der Waals surface area contributed by atoms with Crippen molar-refractivity contribution in [2.45, 2.75) is 11.8 Å². The van der Waals surface area contributed by atoms with Gasteiger partial charge in [0.25, 0.3) is 11.8 Å². The minimum Gasteiger partial charge on any atom is -0.465 e. The molecule has 2 heterocycles. The number of nitrogens with one attached hydrogen (secondary N) is 1. The fraction of sp³-hybridized carbons (Fsp3) is 0.316. The number of rotatable bonds is 6. The molecule has 0 radical (unpaired) electrons. The molecule has 1 aromatic carbocycles. The largest absolute Gasteiger partial charge is 0.465 e. The van der Waals surface area contributed by atoms with Crippen molar-refractivity contribution < 1.29 is 32.3 Å². The van der Waals surface area contributed by atoms with Crippen LogP contribution in [0.15, 0.2) is 29.2 Å². The van der Waals surface area contributed by atoms with E-state index in [0.717, 1.165) is 11.3 Å². The van der Waals surface area contributed by atoms with E-state index < -0.39 is 27.8 Å².